The van der Waals surface area contributed by atoms with E-state index in [-0.39, 0.29) is 0 Å². The van der Waals surface area contributed by atoms with Crippen LogP contribution >= 0.6 is 11.8 Å². The second-order valence-corrected chi connectivity index (χ2v) is 7.22. The summed E-state index contributed by atoms with van der Waals surface area (Å²) in [5.41, 5.74) is 3.01. The van der Waals surface area contributed by atoms with Gasteiger partial charge in [0.1, 0.15) is 12.4 Å². The fraction of sp³-hybridized carbons (Fsp3) is 0.182. The lowest BCUT2D eigenvalue weighted by Crippen LogP contribution is -2.14. The van der Waals surface area contributed by atoms with Gasteiger partial charge in [-0.1, -0.05) is 6.07 Å². The molecule has 5 nitrogen and oxygen atoms in total. The Balaban J connectivity index is 1.58. The molecule has 0 amide bonds. The lowest BCUT2D eigenvalue weighted by atomic mass is 10.1. The molecule has 142 valence electrons. The molecule has 4 rings (SSSR count). The van der Waals surface area contributed by atoms with E-state index < -0.39 is 0 Å². The first-order chi connectivity index (χ1) is 13.8. The van der Waals surface area contributed by atoms with Gasteiger partial charge in [0.2, 0.25) is 5.88 Å². The van der Waals surface area contributed by atoms with Gasteiger partial charge in [-0.3, -0.25) is 4.98 Å². The van der Waals surface area contributed by atoms with Gasteiger partial charge in [-0.05, 0) is 54.3 Å². The van der Waals surface area contributed by atoms with Crippen LogP contribution in [-0.2, 0) is 19.7 Å². The van der Waals surface area contributed by atoms with Crippen LogP contribution in [0.3, 0.4) is 0 Å². The number of furan rings is 1. The Morgan fingerprint density at radius 1 is 1.07 bits per heavy atom. The number of hydrogen-bond donors (Lipinski definition) is 1. The van der Waals surface area contributed by atoms with Crippen molar-refractivity contribution in [1.82, 2.24) is 15.3 Å². The summed E-state index contributed by atoms with van der Waals surface area (Å²) in [5, 5.41) is 4.50. The Hall–Kier alpha value is -2.83. The van der Waals surface area contributed by atoms with Crippen molar-refractivity contribution in [3.8, 4) is 5.88 Å². The van der Waals surface area contributed by atoms with Gasteiger partial charge in [-0.25, -0.2) is 4.98 Å². The summed E-state index contributed by atoms with van der Waals surface area (Å²) >= 11 is 1.71. The van der Waals surface area contributed by atoms with Gasteiger partial charge in [0.15, 0.2) is 0 Å². The lowest BCUT2D eigenvalue weighted by Gasteiger charge is -2.13. The number of thioether (sulfide) groups is 1. The smallest absolute Gasteiger partial charge is 0.218 e. The Labute approximate surface area is 168 Å². The maximum atomic E-state index is 6.08. The molecule has 0 aliphatic carbocycles. The van der Waals surface area contributed by atoms with E-state index >= 15 is 0 Å². The van der Waals surface area contributed by atoms with Crippen LogP contribution in [0.15, 0.2) is 76.5 Å². The molecule has 6 heteroatoms. The van der Waals surface area contributed by atoms with Crippen LogP contribution in [0.25, 0.3) is 10.9 Å². The second-order valence-electron chi connectivity index (χ2n) is 6.34. The molecule has 0 aliphatic heterocycles. The van der Waals surface area contributed by atoms with Crippen molar-refractivity contribution in [2.24, 2.45) is 0 Å². The molecule has 0 atom stereocenters. The number of nitrogens with one attached hydrogen (secondary N) is 1. The predicted octanol–water partition coefficient (Wildman–Crippen LogP) is 4.81. The van der Waals surface area contributed by atoms with Crippen molar-refractivity contribution in [3.05, 3.63) is 84.1 Å². The SMILES string of the molecule is CSc1ccc2cc(CNCc3ccco3)c(OCc3ccncc3)nc2c1. The molecule has 0 saturated carbocycles. The van der Waals surface area contributed by atoms with Gasteiger partial charge in [-0.15, -0.1) is 11.8 Å². The average molecular weight is 391 g/mol. The number of fused-ring (bicyclic) bond motifs is 1. The van der Waals surface area contributed by atoms with Crippen molar-refractivity contribution in [2.75, 3.05) is 6.26 Å². The van der Waals surface area contributed by atoms with Gasteiger partial charge in [0.05, 0.1) is 18.3 Å². The molecule has 4 aromatic rings. The minimum atomic E-state index is 0.453. The third-order valence-corrected chi connectivity index (χ3v) is 5.11. The lowest BCUT2D eigenvalue weighted by molar-refractivity contribution is 0.290. The van der Waals surface area contributed by atoms with Crippen molar-refractivity contribution in [1.29, 1.82) is 0 Å². The van der Waals surface area contributed by atoms with Gasteiger partial charge < -0.3 is 14.5 Å². The fourth-order valence-corrected chi connectivity index (χ4v) is 3.35. The highest BCUT2D eigenvalue weighted by molar-refractivity contribution is 7.98. The first-order valence-electron chi connectivity index (χ1n) is 9.04. The van der Waals surface area contributed by atoms with E-state index in [9.17, 15) is 0 Å². The standard InChI is InChI=1S/C22H21N3O2S/c1-28-20-5-4-17-11-18(13-24-14-19-3-2-10-26-19)22(25-21(17)12-20)27-15-16-6-8-23-9-7-16/h2-12,24H,13-15H2,1H3. The topological polar surface area (TPSA) is 60.2 Å². The summed E-state index contributed by atoms with van der Waals surface area (Å²) < 4.78 is 11.5. The summed E-state index contributed by atoms with van der Waals surface area (Å²) in [4.78, 5) is 10.0. The van der Waals surface area contributed by atoms with Crippen LogP contribution in [0, 0.1) is 0 Å². The van der Waals surface area contributed by atoms with Crippen molar-refractivity contribution < 1.29 is 9.15 Å². The van der Waals surface area contributed by atoms with Crippen LogP contribution in [0.5, 0.6) is 5.88 Å². The minimum absolute atomic E-state index is 0.453. The van der Waals surface area contributed by atoms with Crippen LogP contribution in [-0.4, -0.2) is 16.2 Å². The van der Waals surface area contributed by atoms with E-state index in [1.165, 1.54) is 4.90 Å². The molecule has 0 radical (unpaired) electrons. The zero-order valence-electron chi connectivity index (χ0n) is 15.6. The highest BCUT2D eigenvalue weighted by atomic mass is 32.2. The number of pyridine rings is 2. The Kier molecular flexibility index (Phi) is 5.89. The van der Waals surface area contributed by atoms with Gasteiger partial charge in [0, 0.05) is 34.8 Å². The van der Waals surface area contributed by atoms with Gasteiger partial charge in [0.25, 0.3) is 0 Å². The molecule has 3 heterocycles. The molecule has 0 saturated heterocycles. The van der Waals surface area contributed by atoms with E-state index in [1.54, 1.807) is 30.4 Å². The summed E-state index contributed by atoms with van der Waals surface area (Å²) in [6.45, 7) is 1.74. The number of aromatic nitrogens is 2. The number of hydrogen-bond acceptors (Lipinski definition) is 6. The first kappa shape index (κ1) is 18.5. The average Bonchev–Trinajstić information content (AvgIpc) is 3.26. The maximum absolute atomic E-state index is 6.08. The number of nitrogens with zero attached hydrogens (tertiary/aromatic N) is 2. The van der Waals surface area contributed by atoms with E-state index in [1.807, 2.05) is 24.3 Å². The highest BCUT2D eigenvalue weighted by Crippen LogP contribution is 2.26. The molecule has 0 unspecified atom stereocenters. The van der Waals surface area contributed by atoms with Crippen molar-refractivity contribution in [2.45, 2.75) is 24.6 Å². The Bertz CT molecular complexity index is 1040. The summed E-state index contributed by atoms with van der Waals surface area (Å²) in [6.07, 6.45) is 7.28. The molecule has 0 fully saturated rings. The quantitative estimate of drug-likeness (QED) is 0.435. The molecular weight excluding hydrogens is 370 g/mol. The van der Waals surface area contributed by atoms with E-state index in [2.05, 4.69) is 40.8 Å². The third-order valence-electron chi connectivity index (χ3n) is 4.38. The maximum Gasteiger partial charge on any atom is 0.218 e. The molecule has 3 aromatic heterocycles. The molecule has 28 heavy (non-hydrogen) atoms. The van der Waals surface area contributed by atoms with Crippen LogP contribution in [0.1, 0.15) is 16.9 Å². The Morgan fingerprint density at radius 3 is 2.75 bits per heavy atom. The normalized spacial score (nSPS) is 11.0. The molecule has 0 spiro atoms. The van der Waals surface area contributed by atoms with E-state index in [0.29, 0.717) is 25.6 Å². The second kappa shape index (κ2) is 8.91. The zero-order valence-corrected chi connectivity index (χ0v) is 16.4. The fourth-order valence-electron chi connectivity index (χ4n) is 2.92. The predicted molar refractivity (Wildman–Crippen MR) is 111 cm³/mol. The van der Waals surface area contributed by atoms with Crippen molar-refractivity contribution in [3.63, 3.8) is 0 Å². The minimum Gasteiger partial charge on any atom is -0.473 e. The van der Waals surface area contributed by atoms with Crippen molar-refractivity contribution >= 4 is 22.7 Å². The van der Waals surface area contributed by atoms with Crippen LogP contribution in [0.4, 0.5) is 0 Å². The number of benzene rings is 1. The first-order valence-corrected chi connectivity index (χ1v) is 10.3. The summed E-state index contributed by atoms with van der Waals surface area (Å²) in [7, 11) is 0. The van der Waals surface area contributed by atoms with Gasteiger partial charge >= 0.3 is 0 Å². The summed E-state index contributed by atoms with van der Waals surface area (Å²) in [5.74, 6) is 1.55. The van der Waals surface area contributed by atoms with E-state index in [0.717, 1.165) is 27.8 Å². The number of ether oxygens (including phenoxy) is 1. The largest absolute Gasteiger partial charge is 0.473 e. The number of rotatable bonds is 8. The molecule has 1 N–H and O–H groups in total. The third kappa shape index (κ3) is 4.52. The molecule has 0 aliphatic rings. The highest BCUT2D eigenvalue weighted by Gasteiger charge is 2.10. The summed E-state index contributed by atoms with van der Waals surface area (Å²) in [6, 6.07) is 16.2. The molecular formula is C22H21N3O2S. The Morgan fingerprint density at radius 2 is 1.96 bits per heavy atom. The molecule has 1 aromatic carbocycles. The zero-order chi connectivity index (χ0) is 19.2. The van der Waals surface area contributed by atoms with E-state index in [4.69, 9.17) is 14.1 Å². The van der Waals surface area contributed by atoms with Crippen LogP contribution in [0.2, 0.25) is 0 Å². The van der Waals surface area contributed by atoms with Gasteiger partial charge in [-0.2, -0.15) is 0 Å². The molecule has 0 bridgehead atoms. The monoisotopic (exact) mass is 391 g/mol. The van der Waals surface area contributed by atoms with Crippen LogP contribution < -0.4 is 10.1 Å².